The molecule has 22 heavy (non-hydrogen) atoms. The Kier molecular flexibility index (Phi) is 5.42. The minimum atomic E-state index is -0.249. The molecule has 0 aliphatic carbocycles. The van der Waals surface area contributed by atoms with Gasteiger partial charge in [-0.3, -0.25) is 0 Å². The molecule has 0 radical (unpaired) electrons. The summed E-state index contributed by atoms with van der Waals surface area (Å²) < 4.78 is 5.10. The van der Waals surface area contributed by atoms with Crippen molar-refractivity contribution < 1.29 is 9.53 Å². The number of rotatable bonds is 5. The van der Waals surface area contributed by atoms with Gasteiger partial charge in [0.2, 0.25) is 0 Å². The van der Waals surface area contributed by atoms with Crippen molar-refractivity contribution in [2.75, 3.05) is 17.7 Å². The molecule has 0 aliphatic rings. The number of ether oxygens (including phenoxy) is 1. The number of carbonyl (C=O) groups excluding carboxylic acids is 1. The van der Waals surface area contributed by atoms with Crippen molar-refractivity contribution in [1.29, 1.82) is 0 Å². The second-order valence-electron chi connectivity index (χ2n) is 5.20. The largest absolute Gasteiger partial charge is 0.497 e. The molecule has 2 N–H and O–H groups in total. The van der Waals surface area contributed by atoms with Crippen LogP contribution in [0.5, 0.6) is 5.75 Å². The molecule has 0 saturated carbocycles. The zero-order chi connectivity index (χ0) is 15.9. The third kappa shape index (κ3) is 4.01. The topological polar surface area (TPSA) is 50.4 Å². The maximum Gasteiger partial charge on any atom is 0.323 e. The van der Waals surface area contributed by atoms with E-state index in [-0.39, 0.29) is 6.03 Å². The first-order valence-corrected chi connectivity index (χ1v) is 7.45. The van der Waals surface area contributed by atoms with E-state index in [9.17, 15) is 4.79 Å². The minimum absolute atomic E-state index is 0.249. The fourth-order valence-electron chi connectivity index (χ4n) is 2.22. The number of amides is 2. The Bertz CT molecular complexity index is 623. The summed E-state index contributed by atoms with van der Waals surface area (Å²) in [5.41, 5.74) is 2.72. The van der Waals surface area contributed by atoms with Crippen LogP contribution in [0.25, 0.3) is 0 Å². The van der Waals surface area contributed by atoms with Gasteiger partial charge >= 0.3 is 6.03 Å². The highest BCUT2D eigenvalue weighted by Crippen LogP contribution is 2.26. The van der Waals surface area contributed by atoms with Crippen LogP contribution in [-0.2, 0) is 0 Å². The number of carbonyl (C=O) groups is 1. The molecule has 2 aromatic carbocycles. The van der Waals surface area contributed by atoms with Gasteiger partial charge in [-0.2, -0.15) is 0 Å². The molecule has 4 heteroatoms. The van der Waals surface area contributed by atoms with Gasteiger partial charge in [0.05, 0.1) is 7.11 Å². The molecule has 2 rings (SSSR count). The van der Waals surface area contributed by atoms with E-state index in [2.05, 4.69) is 30.5 Å². The number of nitrogens with one attached hydrogen (secondary N) is 2. The lowest BCUT2D eigenvalue weighted by atomic mass is 9.97. The Labute approximate surface area is 131 Å². The maximum absolute atomic E-state index is 12.1. The first kappa shape index (κ1) is 15.9. The first-order chi connectivity index (χ1) is 10.6. The van der Waals surface area contributed by atoms with Gasteiger partial charge in [-0.25, -0.2) is 4.79 Å². The summed E-state index contributed by atoms with van der Waals surface area (Å²) >= 11 is 0. The Hall–Kier alpha value is -2.49. The standard InChI is InChI=1S/C18H22N2O2/c1-4-13(2)16-7-5-6-8-17(16)20-18(21)19-14-9-11-15(22-3)12-10-14/h5-13H,4H2,1-3H3,(H2,19,20,21)/t13-/m1/s1. The summed E-state index contributed by atoms with van der Waals surface area (Å²) in [5, 5.41) is 5.74. The van der Waals surface area contributed by atoms with Crippen molar-refractivity contribution in [3.8, 4) is 5.75 Å². The molecule has 2 aromatic rings. The molecule has 0 spiro atoms. The predicted octanol–water partition coefficient (Wildman–Crippen LogP) is 4.85. The van der Waals surface area contributed by atoms with E-state index < -0.39 is 0 Å². The lowest BCUT2D eigenvalue weighted by Gasteiger charge is -2.16. The zero-order valence-corrected chi connectivity index (χ0v) is 13.2. The normalized spacial score (nSPS) is 11.6. The number of urea groups is 1. The summed E-state index contributed by atoms with van der Waals surface area (Å²) in [6.07, 6.45) is 1.03. The fourth-order valence-corrected chi connectivity index (χ4v) is 2.22. The van der Waals surface area contributed by atoms with Crippen LogP contribution in [0.1, 0.15) is 31.7 Å². The van der Waals surface area contributed by atoms with Gasteiger partial charge in [-0.15, -0.1) is 0 Å². The number of benzene rings is 2. The van der Waals surface area contributed by atoms with Crippen molar-refractivity contribution in [3.63, 3.8) is 0 Å². The van der Waals surface area contributed by atoms with Crippen LogP contribution in [0.15, 0.2) is 48.5 Å². The van der Waals surface area contributed by atoms with E-state index in [1.165, 1.54) is 0 Å². The smallest absolute Gasteiger partial charge is 0.323 e. The maximum atomic E-state index is 12.1. The van der Waals surface area contributed by atoms with E-state index in [4.69, 9.17) is 4.74 Å². The summed E-state index contributed by atoms with van der Waals surface area (Å²) in [7, 11) is 1.61. The number of hydrogen-bond acceptors (Lipinski definition) is 2. The molecule has 2 amide bonds. The average Bonchev–Trinajstić information content (AvgIpc) is 2.55. The van der Waals surface area contributed by atoms with Gasteiger partial charge in [0, 0.05) is 11.4 Å². The molecule has 0 unspecified atom stereocenters. The van der Waals surface area contributed by atoms with Crippen LogP contribution in [0, 0.1) is 0 Å². The van der Waals surface area contributed by atoms with Crippen LogP contribution >= 0.6 is 0 Å². The van der Waals surface area contributed by atoms with Crippen molar-refractivity contribution in [2.24, 2.45) is 0 Å². The molecule has 0 heterocycles. The van der Waals surface area contributed by atoms with Crippen molar-refractivity contribution in [2.45, 2.75) is 26.2 Å². The average molecular weight is 298 g/mol. The molecule has 1 atom stereocenters. The Morgan fingerprint density at radius 1 is 1.09 bits per heavy atom. The highest BCUT2D eigenvalue weighted by molar-refractivity contribution is 6.00. The molecule has 4 nitrogen and oxygen atoms in total. The van der Waals surface area contributed by atoms with Gasteiger partial charge in [-0.1, -0.05) is 32.0 Å². The number of methoxy groups -OCH3 is 1. The van der Waals surface area contributed by atoms with Crippen molar-refractivity contribution >= 4 is 17.4 Å². The Morgan fingerprint density at radius 3 is 2.41 bits per heavy atom. The van der Waals surface area contributed by atoms with E-state index in [1.807, 2.05) is 30.3 Å². The fraction of sp³-hybridized carbons (Fsp3) is 0.278. The SMILES string of the molecule is CC[C@@H](C)c1ccccc1NC(=O)Nc1ccc(OC)cc1. The van der Waals surface area contributed by atoms with Gasteiger partial charge in [0.1, 0.15) is 5.75 Å². The van der Waals surface area contributed by atoms with Crippen LogP contribution in [-0.4, -0.2) is 13.1 Å². The summed E-state index contributed by atoms with van der Waals surface area (Å²) in [6, 6.07) is 14.9. The lowest BCUT2D eigenvalue weighted by Crippen LogP contribution is -2.20. The molecule has 0 saturated heterocycles. The lowest BCUT2D eigenvalue weighted by molar-refractivity contribution is 0.262. The van der Waals surface area contributed by atoms with Gasteiger partial charge < -0.3 is 15.4 Å². The summed E-state index contributed by atoms with van der Waals surface area (Å²) in [5.74, 6) is 1.16. The minimum Gasteiger partial charge on any atom is -0.497 e. The van der Waals surface area contributed by atoms with Crippen molar-refractivity contribution in [3.05, 3.63) is 54.1 Å². The Balaban J connectivity index is 2.05. The third-order valence-corrected chi connectivity index (χ3v) is 3.70. The highest BCUT2D eigenvalue weighted by atomic mass is 16.5. The number of para-hydroxylation sites is 1. The molecular weight excluding hydrogens is 276 g/mol. The predicted molar refractivity (Wildman–Crippen MR) is 90.8 cm³/mol. The molecule has 0 fully saturated rings. The van der Waals surface area contributed by atoms with Crippen LogP contribution in [0.2, 0.25) is 0 Å². The summed E-state index contributed by atoms with van der Waals surface area (Å²) in [6.45, 7) is 4.29. The zero-order valence-electron chi connectivity index (χ0n) is 13.2. The van der Waals surface area contributed by atoms with Crippen LogP contribution in [0.4, 0.5) is 16.2 Å². The van der Waals surface area contributed by atoms with E-state index in [0.717, 1.165) is 29.1 Å². The summed E-state index contributed by atoms with van der Waals surface area (Å²) in [4.78, 5) is 12.1. The third-order valence-electron chi connectivity index (χ3n) is 3.70. The van der Waals surface area contributed by atoms with Crippen LogP contribution in [0.3, 0.4) is 0 Å². The highest BCUT2D eigenvalue weighted by Gasteiger charge is 2.11. The molecule has 0 aromatic heterocycles. The molecule has 0 bridgehead atoms. The molecular formula is C18H22N2O2. The quantitative estimate of drug-likeness (QED) is 0.828. The van der Waals surface area contributed by atoms with Gasteiger partial charge in [-0.05, 0) is 48.2 Å². The van der Waals surface area contributed by atoms with E-state index in [0.29, 0.717) is 5.92 Å². The molecule has 0 aliphatic heterocycles. The molecule has 116 valence electrons. The van der Waals surface area contributed by atoms with Crippen molar-refractivity contribution in [1.82, 2.24) is 0 Å². The van der Waals surface area contributed by atoms with Gasteiger partial charge in [0.15, 0.2) is 0 Å². The number of hydrogen-bond donors (Lipinski definition) is 2. The van der Waals surface area contributed by atoms with E-state index in [1.54, 1.807) is 19.2 Å². The van der Waals surface area contributed by atoms with E-state index >= 15 is 0 Å². The van der Waals surface area contributed by atoms with Crippen LogP contribution < -0.4 is 15.4 Å². The monoisotopic (exact) mass is 298 g/mol. The van der Waals surface area contributed by atoms with Gasteiger partial charge in [0.25, 0.3) is 0 Å². The number of anilines is 2. The Morgan fingerprint density at radius 2 is 1.77 bits per heavy atom. The second-order valence-corrected chi connectivity index (χ2v) is 5.20. The second kappa shape index (κ2) is 7.50. The first-order valence-electron chi connectivity index (χ1n) is 7.45.